The van der Waals surface area contributed by atoms with Gasteiger partial charge in [-0.2, -0.15) is 0 Å². The third-order valence-electron chi connectivity index (χ3n) is 3.23. The lowest BCUT2D eigenvalue weighted by Crippen LogP contribution is -2.31. The first kappa shape index (κ1) is 13.3. The van der Waals surface area contributed by atoms with Gasteiger partial charge in [0.2, 0.25) is 5.91 Å². The van der Waals surface area contributed by atoms with Crippen LogP contribution in [-0.2, 0) is 4.79 Å². The van der Waals surface area contributed by atoms with E-state index in [4.69, 9.17) is 5.73 Å². The molecule has 1 saturated carbocycles. The molecule has 1 fully saturated rings. The third-order valence-corrected chi connectivity index (χ3v) is 3.23. The summed E-state index contributed by atoms with van der Waals surface area (Å²) in [5.74, 6) is -3.34. The van der Waals surface area contributed by atoms with Crippen LogP contribution in [0.5, 0.6) is 0 Å². The zero-order chi connectivity index (χ0) is 14.2. The maximum absolute atomic E-state index is 13.6. The van der Waals surface area contributed by atoms with E-state index in [0.29, 0.717) is 18.9 Å². The summed E-state index contributed by atoms with van der Waals surface area (Å²) in [6, 6.07) is 1.44. The molecule has 0 aromatic heterocycles. The van der Waals surface area contributed by atoms with Gasteiger partial charge in [0.15, 0.2) is 17.3 Å². The van der Waals surface area contributed by atoms with Crippen molar-refractivity contribution in [1.29, 1.82) is 0 Å². The normalized spacial score (nSPS) is 15.9. The van der Waals surface area contributed by atoms with E-state index in [-0.39, 0.29) is 6.54 Å². The van der Waals surface area contributed by atoms with Crippen molar-refractivity contribution < 1.29 is 18.5 Å². The number of anilines is 1. The van der Waals surface area contributed by atoms with E-state index >= 15 is 0 Å². The van der Waals surface area contributed by atoms with Gasteiger partial charge >= 0.3 is 0 Å². The van der Waals surface area contributed by atoms with Gasteiger partial charge in [-0.25, -0.2) is 8.78 Å². The Morgan fingerprint density at radius 3 is 2.58 bits per heavy atom. The van der Waals surface area contributed by atoms with E-state index in [2.05, 4.69) is 5.32 Å². The number of amides is 1. The van der Waals surface area contributed by atoms with Crippen LogP contribution in [0.4, 0.5) is 20.2 Å². The Balaban J connectivity index is 2.36. The molecule has 0 radical (unpaired) electrons. The number of nitrogens with zero attached hydrogens (tertiary/aromatic N) is 1. The molecule has 19 heavy (non-hydrogen) atoms. The highest BCUT2D eigenvalue weighted by Crippen LogP contribution is 2.46. The lowest BCUT2D eigenvalue weighted by atomic mass is 10.1. The molecular weight excluding hydrogens is 260 g/mol. The minimum atomic E-state index is -1.45. The van der Waals surface area contributed by atoms with Crippen LogP contribution < -0.4 is 11.1 Å². The first-order chi connectivity index (χ1) is 8.91. The van der Waals surface area contributed by atoms with Crippen LogP contribution in [0.25, 0.3) is 0 Å². The SMILES string of the molecule is NCC1(C(=O)Nc2c([N+](=O)[O-])ccc(F)c2F)CC1. The highest BCUT2D eigenvalue weighted by molar-refractivity contribution is 5.99. The zero-order valence-corrected chi connectivity index (χ0v) is 9.78. The molecule has 1 aromatic rings. The van der Waals surface area contributed by atoms with Crippen LogP contribution in [-0.4, -0.2) is 17.4 Å². The van der Waals surface area contributed by atoms with Crippen LogP contribution in [0.1, 0.15) is 12.8 Å². The summed E-state index contributed by atoms with van der Waals surface area (Å²) in [6.07, 6.45) is 1.06. The average molecular weight is 271 g/mol. The molecule has 1 aliphatic carbocycles. The van der Waals surface area contributed by atoms with Crippen molar-refractivity contribution in [2.75, 3.05) is 11.9 Å². The minimum Gasteiger partial charge on any atom is -0.329 e. The van der Waals surface area contributed by atoms with Crippen molar-refractivity contribution in [3.05, 3.63) is 33.9 Å². The van der Waals surface area contributed by atoms with Gasteiger partial charge in [0, 0.05) is 12.6 Å². The molecule has 2 rings (SSSR count). The third kappa shape index (κ3) is 2.26. The van der Waals surface area contributed by atoms with Crippen LogP contribution >= 0.6 is 0 Å². The molecule has 1 aromatic carbocycles. The van der Waals surface area contributed by atoms with E-state index in [1.807, 2.05) is 0 Å². The number of nitrogens with two attached hydrogens (primary N) is 1. The van der Waals surface area contributed by atoms with Gasteiger partial charge < -0.3 is 11.1 Å². The summed E-state index contributed by atoms with van der Waals surface area (Å²) in [4.78, 5) is 21.7. The summed E-state index contributed by atoms with van der Waals surface area (Å²) >= 11 is 0. The molecule has 0 atom stereocenters. The number of halogens is 2. The van der Waals surface area contributed by atoms with E-state index in [0.717, 1.165) is 6.07 Å². The van der Waals surface area contributed by atoms with Gasteiger partial charge in [-0.3, -0.25) is 14.9 Å². The number of carbonyl (C=O) groups is 1. The van der Waals surface area contributed by atoms with Crippen molar-refractivity contribution in [2.45, 2.75) is 12.8 Å². The number of hydrogen-bond acceptors (Lipinski definition) is 4. The van der Waals surface area contributed by atoms with Crippen molar-refractivity contribution in [2.24, 2.45) is 11.1 Å². The largest absolute Gasteiger partial charge is 0.329 e. The Bertz CT molecular complexity index is 558. The number of nitrogens with one attached hydrogen (secondary N) is 1. The van der Waals surface area contributed by atoms with Crippen molar-refractivity contribution in [1.82, 2.24) is 0 Å². The molecule has 0 aliphatic heterocycles. The summed E-state index contributed by atoms with van der Waals surface area (Å²) in [5, 5.41) is 12.8. The molecule has 102 valence electrons. The first-order valence-electron chi connectivity index (χ1n) is 5.55. The van der Waals surface area contributed by atoms with Crippen LogP contribution in [0.15, 0.2) is 12.1 Å². The van der Waals surface area contributed by atoms with E-state index in [9.17, 15) is 23.7 Å². The van der Waals surface area contributed by atoms with Gasteiger partial charge in [-0.15, -0.1) is 0 Å². The minimum absolute atomic E-state index is 0.0591. The van der Waals surface area contributed by atoms with Gasteiger partial charge in [0.25, 0.3) is 5.69 Å². The predicted octanol–water partition coefficient (Wildman–Crippen LogP) is 1.55. The quantitative estimate of drug-likeness (QED) is 0.641. The summed E-state index contributed by atoms with van der Waals surface area (Å²) in [5.41, 5.74) is 3.16. The molecule has 6 nitrogen and oxygen atoms in total. The fourth-order valence-corrected chi connectivity index (χ4v) is 1.73. The maximum atomic E-state index is 13.6. The van der Waals surface area contributed by atoms with Gasteiger partial charge in [0.05, 0.1) is 10.3 Å². The fraction of sp³-hybridized carbons (Fsp3) is 0.364. The van der Waals surface area contributed by atoms with Crippen LogP contribution in [0.3, 0.4) is 0 Å². The summed E-state index contributed by atoms with van der Waals surface area (Å²) < 4.78 is 26.7. The van der Waals surface area contributed by atoms with Crippen molar-refractivity contribution in [3.63, 3.8) is 0 Å². The Kier molecular flexibility index (Phi) is 3.19. The van der Waals surface area contributed by atoms with Gasteiger partial charge in [-0.05, 0) is 18.9 Å². The number of benzene rings is 1. The van der Waals surface area contributed by atoms with E-state index < -0.39 is 39.3 Å². The molecular formula is C11H11F2N3O3. The average Bonchev–Trinajstić information content (AvgIpc) is 3.15. The fourth-order valence-electron chi connectivity index (χ4n) is 1.73. The van der Waals surface area contributed by atoms with Gasteiger partial charge in [-0.1, -0.05) is 0 Å². The zero-order valence-electron chi connectivity index (χ0n) is 9.78. The first-order valence-corrected chi connectivity index (χ1v) is 5.55. The molecule has 8 heteroatoms. The highest BCUT2D eigenvalue weighted by atomic mass is 19.2. The molecule has 0 unspecified atom stereocenters. The van der Waals surface area contributed by atoms with Crippen molar-refractivity contribution in [3.8, 4) is 0 Å². The molecule has 0 spiro atoms. The lowest BCUT2D eigenvalue weighted by Gasteiger charge is -2.13. The number of carbonyl (C=O) groups excluding carboxylic acids is 1. The number of rotatable bonds is 4. The van der Waals surface area contributed by atoms with Crippen molar-refractivity contribution >= 4 is 17.3 Å². The lowest BCUT2D eigenvalue weighted by molar-refractivity contribution is -0.384. The second-order valence-corrected chi connectivity index (χ2v) is 4.45. The molecule has 1 amide bonds. The van der Waals surface area contributed by atoms with Crippen LogP contribution in [0.2, 0.25) is 0 Å². The van der Waals surface area contributed by atoms with E-state index in [1.54, 1.807) is 0 Å². The van der Waals surface area contributed by atoms with E-state index in [1.165, 1.54) is 0 Å². The molecule has 1 aliphatic rings. The number of hydrogen-bond donors (Lipinski definition) is 2. The summed E-state index contributed by atoms with van der Waals surface area (Å²) in [7, 11) is 0. The Labute approximate surface area is 106 Å². The second kappa shape index (κ2) is 4.54. The second-order valence-electron chi connectivity index (χ2n) is 4.45. The van der Waals surface area contributed by atoms with Gasteiger partial charge in [0.1, 0.15) is 0 Å². The Morgan fingerprint density at radius 2 is 2.11 bits per heavy atom. The predicted molar refractivity (Wildman–Crippen MR) is 62.4 cm³/mol. The molecule has 0 heterocycles. The molecule has 0 bridgehead atoms. The topological polar surface area (TPSA) is 98.3 Å². The highest BCUT2D eigenvalue weighted by Gasteiger charge is 2.49. The smallest absolute Gasteiger partial charge is 0.296 e. The Morgan fingerprint density at radius 1 is 1.47 bits per heavy atom. The summed E-state index contributed by atoms with van der Waals surface area (Å²) in [6.45, 7) is 0.0591. The molecule has 0 saturated heterocycles. The monoisotopic (exact) mass is 271 g/mol. The number of nitro groups is 1. The molecule has 3 N–H and O–H groups in total. The maximum Gasteiger partial charge on any atom is 0.296 e. The van der Waals surface area contributed by atoms with Crippen LogP contribution in [0, 0.1) is 27.2 Å². The number of nitro benzene ring substituents is 1. The Hall–Kier alpha value is -2.09. The standard InChI is InChI=1S/C11H11F2N3O3/c12-6-1-2-7(16(18)19)9(8(6)13)15-10(17)11(5-14)3-4-11/h1-2H,3-5,14H2,(H,15,17).